The summed E-state index contributed by atoms with van der Waals surface area (Å²) in [7, 11) is 0. The molecule has 0 spiro atoms. The molecule has 0 saturated heterocycles. The maximum absolute atomic E-state index is 12.6. The maximum Gasteiger partial charge on any atom is 0.222 e. The number of ketones is 1. The summed E-state index contributed by atoms with van der Waals surface area (Å²) < 4.78 is 0. The minimum atomic E-state index is -0.264. The lowest BCUT2D eigenvalue weighted by Gasteiger charge is -2.20. The number of hydrogen-bond donors (Lipinski definition) is 3. The molecule has 0 unspecified atom stereocenters. The Balaban J connectivity index is 1.74. The predicted octanol–water partition coefficient (Wildman–Crippen LogP) is 2.74. The van der Waals surface area contributed by atoms with Crippen molar-refractivity contribution >= 4 is 28.3 Å². The third-order valence-electron chi connectivity index (χ3n) is 4.52. The average Bonchev–Trinajstić information content (AvgIpc) is 2.70. The van der Waals surface area contributed by atoms with E-state index in [-0.39, 0.29) is 30.7 Å². The average molecular weight is 376 g/mol. The number of carbonyl (C=O) groups is 2. The number of nitrogens with two attached hydrogens (primary N) is 1. The summed E-state index contributed by atoms with van der Waals surface area (Å²) in [4.78, 5) is 28.1. The molecule has 0 aliphatic heterocycles. The number of rotatable bonds is 8. The summed E-state index contributed by atoms with van der Waals surface area (Å²) in [6.07, 6.45) is 1.87. The molecule has 1 amide bonds. The fourth-order valence-electron chi connectivity index (χ4n) is 3.11. The molecule has 144 valence electrons. The van der Waals surface area contributed by atoms with Crippen LogP contribution < -0.4 is 16.4 Å². The van der Waals surface area contributed by atoms with Crippen molar-refractivity contribution in [2.45, 2.75) is 25.9 Å². The van der Waals surface area contributed by atoms with Crippen molar-refractivity contribution in [1.82, 2.24) is 15.6 Å². The number of nitrogen functional groups attached to an aromatic ring is 1. The van der Waals surface area contributed by atoms with Crippen LogP contribution in [0, 0.1) is 0 Å². The van der Waals surface area contributed by atoms with Gasteiger partial charge in [-0.1, -0.05) is 48.5 Å². The van der Waals surface area contributed by atoms with Crippen LogP contribution in [0.3, 0.4) is 0 Å². The zero-order chi connectivity index (χ0) is 19.9. The lowest BCUT2D eigenvalue weighted by molar-refractivity contribution is -0.122. The maximum atomic E-state index is 12.6. The van der Waals surface area contributed by atoms with E-state index < -0.39 is 0 Å². The third kappa shape index (κ3) is 5.14. The quantitative estimate of drug-likeness (QED) is 0.562. The van der Waals surface area contributed by atoms with Crippen LogP contribution in [0.4, 0.5) is 5.82 Å². The summed E-state index contributed by atoms with van der Waals surface area (Å²) in [6, 6.07) is 17.3. The Labute approximate surface area is 164 Å². The van der Waals surface area contributed by atoms with Gasteiger partial charge >= 0.3 is 0 Å². The summed E-state index contributed by atoms with van der Waals surface area (Å²) in [5, 5.41) is 8.31. The van der Waals surface area contributed by atoms with E-state index in [1.807, 2.05) is 48.5 Å². The SMILES string of the molecule is CC(=O)CN[C@@H](CC(=O)NCc1ccc(N)nc1)c1cccc2ccccc12. The Morgan fingerprint density at radius 3 is 2.61 bits per heavy atom. The van der Waals surface area contributed by atoms with Crippen LogP contribution in [0.25, 0.3) is 10.8 Å². The van der Waals surface area contributed by atoms with Gasteiger partial charge in [0.2, 0.25) is 5.91 Å². The van der Waals surface area contributed by atoms with E-state index in [2.05, 4.69) is 15.6 Å². The minimum absolute atomic E-state index is 0.0265. The lowest BCUT2D eigenvalue weighted by atomic mass is 9.96. The van der Waals surface area contributed by atoms with E-state index in [1.54, 1.807) is 12.3 Å². The molecule has 0 radical (unpaired) electrons. The summed E-state index contributed by atoms with van der Waals surface area (Å²) in [6.45, 7) is 2.12. The summed E-state index contributed by atoms with van der Waals surface area (Å²) >= 11 is 0. The minimum Gasteiger partial charge on any atom is -0.384 e. The Bertz CT molecular complexity index is 964. The Kier molecular flexibility index (Phi) is 6.34. The molecule has 4 N–H and O–H groups in total. The second-order valence-electron chi connectivity index (χ2n) is 6.78. The van der Waals surface area contributed by atoms with Gasteiger partial charge in [0, 0.05) is 25.2 Å². The van der Waals surface area contributed by atoms with Crippen molar-refractivity contribution in [2.75, 3.05) is 12.3 Å². The number of fused-ring (bicyclic) bond motifs is 1. The Morgan fingerprint density at radius 2 is 1.86 bits per heavy atom. The van der Waals surface area contributed by atoms with Crippen LogP contribution in [-0.2, 0) is 16.1 Å². The molecule has 0 aliphatic rings. The first-order valence-electron chi connectivity index (χ1n) is 9.20. The van der Waals surface area contributed by atoms with Gasteiger partial charge in [-0.15, -0.1) is 0 Å². The number of hydrogen-bond acceptors (Lipinski definition) is 5. The fraction of sp³-hybridized carbons (Fsp3) is 0.227. The topological polar surface area (TPSA) is 97.1 Å². The molecule has 0 saturated carbocycles. The van der Waals surface area contributed by atoms with Gasteiger partial charge in [0.05, 0.1) is 6.54 Å². The number of pyridine rings is 1. The van der Waals surface area contributed by atoms with E-state index >= 15 is 0 Å². The lowest BCUT2D eigenvalue weighted by Crippen LogP contribution is -2.32. The van der Waals surface area contributed by atoms with Gasteiger partial charge in [0.1, 0.15) is 11.6 Å². The summed E-state index contributed by atoms with van der Waals surface area (Å²) in [5.74, 6) is 0.365. The smallest absolute Gasteiger partial charge is 0.222 e. The number of aromatic nitrogens is 1. The van der Waals surface area contributed by atoms with Gasteiger partial charge < -0.3 is 16.4 Å². The second kappa shape index (κ2) is 9.10. The molecule has 0 aliphatic carbocycles. The number of anilines is 1. The molecule has 6 nitrogen and oxygen atoms in total. The van der Waals surface area contributed by atoms with E-state index in [9.17, 15) is 9.59 Å². The summed E-state index contributed by atoms with van der Waals surface area (Å²) in [5.41, 5.74) is 7.46. The van der Waals surface area contributed by atoms with E-state index in [0.29, 0.717) is 12.4 Å². The van der Waals surface area contributed by atoms with Crippen LogP contribution in [-0.4, -0.2) is 23.2 Å². The fourth-order valence-corrected chi connectivity index (χ4v) is 3.11. The van der Waals surface area contributed by atoms with E-state index in [0.717, 1.165) is 21.9 Å². The van der Waals surface area contributed by atoms with Crippen molar-refractivity contribution in [3.05, 3.63) is 71.9 Å². The van der Waals surface area contributed by atoms with Gasteiger partial charge in [-0.3, -0.25) is 9.59 Å². The standard InChI is InChI=1S/C22H24N4O2/c1-15(27)12-24-20(19-8-4-6-17-5-2-3-7-18(17)19)11-22(28)26-14-16-9-10-21(23)25-13-16/h2-10,13,20,24H,11-12,14H2,1H3,(H2,23,25)(H,26,28)/t20-/m0/s1. The normalized spacial score (nSPS) is 11.9. The zero-order valence-corrected chi connectivity index (χ0v) is 15.8. The molecule has 3 aromatic rings. The number of nitrogens with one attached hydrogen (secondary N) is 2. The Hall–Kier alpha value is -3.25. The number of Topliss-reactive ketones (excluding diaryl/α,β-unsaturated/α-hetero) is 1. The van der Waals surface area contributed by atoms with E-state index in [1.165, 1.54) is 6.92 Å². The molecule has 6 heteroatoms. The highest BCUT2D eigenvalue weighted by Gasteiger charge is 2.18. The molecule has 0 fully saturated rings. The zero-order valence-electron chi connectivity index (χ0n) is 15.8. The highest BCUT2D eigenvalue weighted by Crippen LogP contribution is 2.26. The van der Waals surface area contributed by atoms with Crippen molar-refractivity contribution in [3.63, 3.8) is 0 Å². The van der Waals surface area contributed by atoms with E-state index in [4.69, 9.17) is 5.73 Å². The first-order valence-corrected chi connectivity index (χ1v) is 9.20. The van der Waals surface area contributed by atoms with Crippen LogP contribution in [0.15, 0.2) is 60.8 Å². The molecule has 0 bridgehead atoms. The molecule has 1 heterocycles. The molecule has 2 aromatic carbocycles. The second-order valence-corrected chi connectivity index (χ2v) is 6.78. The van der Waals surface area contributed by atoms with Crippen LogP contribution >= 0.6 is 0 Å². The monoisotopic (exact) mass is 376 g/mol. The molecule has 28 heavy (non-hydrogen) atoms. The molecule has 3 rings (SSSR count). The van der Waals surface area contributed by atoms with Crippen molar-refractivity contribution in [1.29, 1.82) is 0 Å². The van der Waals surface area contributed by atoms with Crippen LogP contribution in [0.5, 0.6) is 0 Å². The molecular weight excluding hydrogens is 352 g/mol. The largest absolute Gasteiger partial charge is 0.384 e. The van der Waals surface area contributed by atoms with Gasteiger partial charge in [0.15, 0.2) is 0 Å². The van der Waals surface area contributed by atoms with Crippen molar-refractivity contribution in [2.24, 2.45) is 0 Å². The third-order valence-corrected chi connectivity index (χ3v) is 4.52. The Morgan fingerprint density at radius 1 is 1.07 bits per heavy atom. The number of benzene rings is 2. The van der Waals surface area contributed by atoms with Crippen molar-refractivity contribution < 1.29 is 9.59 Å². The molecule has 1 aromatic heterocycles. The first kappa shape index (κ1) is 19.5. The molecular formula is C22H24N4O2. The van der Waals surface area contributed by atoms with Crippen molar-refractivity contribution in [3.8, 4) is 0 Å². The van der Waals surface area contributed by atoms with Gasteiger partial charge in [-0.05, 0) is 34.9 Å². The number of carbonyl (C=O) groups excluding carboxylic acids is 2. The van der Waals surface area contributed by atoms with Crippen LogP contribution in [0.2, 0.25) is 0 Å². The van der Waals surface area contributed by atoms with Gasteiger partial charge in [-0.2, -0.15) is 0 Å². The van der Waals surface area contributed by atoms with Gasteiger partial charge in [-0.25, -0.2) is 4.98 Å². The predicted molar refractivity (Wildman–Crippen MR) is 110 cm³/mol. The highest BCUT2D eigenvalue weighted by molar-refractivity contribution is 5.87. The van der Waals surface area contributed by atoms with Gasteiger partial charge in [0.25, 0.3) is 0 Å². The highest BCUT2D eigenvalue weighted by atomic mass is 16.1. The van der Waals surface area contributed by atoms with Crippen LogP contribution in [0.1, 0.15) is 30.5 Å². The number of amides is 1. The molecule has 1 atom stereocenters. The first-order chi connectivity index (χ1) is 13.5. The number of nitrogens with zero attached hydrogens (tertiary/aromatic N) is 1.